The molecule has 0 atom stereocenters. The topological polar surface area (TPSA) is 21.3 Å². The molecule has 0 amide bonds. The third kappa shape index (κ3) is 2.80. The number of nitrogens with one attached hydrogen (secondary N) is 1. The predicted octanol–water partition coefficient (Wildman–Crippen LogP) is 4.69. The number of ether oxygens (including phenoxy) is 1. The molecule has 3 aromatic rings. The van der Waals surface area contributed by atoms with Crippen LogP contribution in [-0.4, -0.2) is 13.7 Å². The molecule has 1 heterocycles. The molecule has 0 radical (unpaired) electrons. The fourth-order valence-corrected chi connectivity index (χ4v) is 3.50. The van der Waals surface area contributed by atoms with E-state index in [1.54, 1.807) is 18.4 Å². The first-order chi connectivity index (χ1) is 10.3. The number of thiophene rings is 1. The van der Waals surface area contributed by atoms with Crippen molar-refractivity contribution in [3.63, 3.8) is 0 Å². The van der Waals surface area contributed by atoms with Gasteiger partial charge in [0.25, 0.3) is 0 Å². The Morgan fingerprint density at radius 3 is 2.81 bits per heavy atom. The van der Waals surface area contributed by atoms with Gasteiger partial charge in [0.05, 0.1) is 7.11 Å². The second-order valence-corrected chi connectivity index (χ2v) is 5.86. The molecule has 0 bridgehead atoms. The molecule has 3 heteroatoms. The normalized spacial score (nSPS) is 11.0. The number of benzene rings is 2. The monoisotopic (exact) mass is 297 g/mol. The van der Waals surface area contributed by atoms with Crippen LogP contribution in [0.2, 0.25) is 0 Å². The molecular formula is C18H19NOS. The molecule has 2 nitrogen and oxygen atoms in total. The molecule has 0 aliphatic rings. The lowest BCUT2D eigenvalue weighted by molar-refractivity contribution is 0.414. The van der Waals surface area contributed by atoms with Crippen molar-refractivity contribution in [2.24, 2.45) is 0 Å². The third-order valence-electron chi connectivity index (χ3n) is 3.65. The van der Waals surface area contributed by atoms with E-state index in [1.165, 1.54) is 26.8 Å². The summed E-state index contributed by atoms with van der Waals surface area (Å²) in [5, 5.41) is 6.88. The lowest BCUT2D eigenvalue weighted by Gasteiger charge is -2.13. The van der Waals surface area contributed by atoms with Gasteiger partial charge < -0.3 is 10.1 Å². The minimum atomic E-state index is 0.852. The van der Waals surface area contributed by atoms with Gasteiger partial charge in [0.1, 0.15) is 5.75 Å². The Hall–Kier alpha value is -1.84. The fourth-order valence-electron chi connectivity index (χ4n) is 2.57. The number of rotatable bonds is 5. The van der Waals surface area contributed by atoms with Crippen LogP contribution >= 0.6 is 11.3 Å². The Kier molecular flexibility index (Phi) is 4.23. The van der Waals surface area contributed by atoms with E-state index in [4.69, 9.17) is 4.74 Å². The summed E-state index contributed by atoms with van der Waals surface area (Å²) < 4.78 is 6.72. The summed E-state index contributed by atoms with van der Waals surface area (Å²) in [5.41, 5.74) is 3.86. The summed E-state index contributed by atoms with van der Waals surface area (Å²) in [4.78, 5) is 0. The Labute approximate surface area is 129 Å². The second-order valence-electron chi connectivity index (χ2n) is 4.95. The lowest BCUT2D eigenvalue weighted by atomic mass is 9.98. The van der Waals surface area contributed by atoms with Crippen LogP contribution in [0.15, 0.2) is 47.8 Å². The average Bonchev–Trinajstić information content (AvgIpc) is 3.01. The molecule has 0 spiro atoms. The number of hydrogen-bond donors (Lipinski definition) is 1. The highest BCUT2D eigenvalue weighted by Gasteiger charge is 2.10. The number of methoxy groups -OCH3 is 1. The van der Waals surface area contributed by atoms with Gasteiger partial charge in [-0.15, -0.1) is 11.3 Å². The van der Waals surface area contributed by atoms with Gasteiger partial charge in [0.15, 0.2) is 0 Å². The zero-order valence-electron chi connectivity index (χ0n) is 12.3. The third-order valence-corrected chi connectivity index (χ3v) is 4.61. The van der Waals surface area contributed by atoms with E-state index in [9.17, 15) is 0 Å². The van der Waals surface area contributed by atoms with E-state index in [-0.39, 0.29) is 0 Å². The van der Waals surface area contributed by atoms with Crippen molar-refractivity contribution in [3.05, 3.63) is 53.4 Å². The van der Waals surface area contributed by atoms with E-state index in [2.05, 4.69) is 54.0 Å². The number of hydrogen-bond acceptors (Lipinski definition) is 3. The molecule has 0 saturated heterocycles. The van der Waals surface area contributed by atoms with Gasteiger partial charge >= 0.3 is 0 Å². The van der Waals surface area contributed by atoms with E-state index >= 15 is 0 Å². The molecule has 3 rings (SSSR count). The maximum Gasteiger partial charge on any atom is 0.119 e. The van der Waals surface area contributed by atoms with Crippen molar-refractivity contribution in [2.45, 2.75) is 13.5 Å². The van der Waals surface area contributed by atoms with Crippen LogP contribution in [0.25, 0.3) is 21.2 Å². The minimum Gasteiger partial charge on any atom is -0.497 e. The second kappa shape index (κ2) is 6.29. The van der Waals surface area contributed by atoms with Crippen molar-refractivity contribution < 1.29 is 4.74 Å². The van der Waals surface area contributed by atoms with Gasteiger partial charge in [0.2, 0.25) is 0 Å². The average molecular weight is 297 g/mol. The van der Waals surface area contributed by atoms with Crippen LogP contribution in [0.5, 0.6) is 5.75 Å². The fraction of sp³-hybridized carbons (Fsp3) is 0.222. The molecule has 108 valence electrons. The van der Waals surface area contributed by atoms with E-state index < -0.39 is 0 Å². The maximum atomic E-state index is 5.37. The molecule has 0 saturated carbocycles. The molecule has 0 unspecified atom stereocenters. The first-order valence-corrected chi connectivity index (χ1v) is 8.05. The molecule has 1 aromatic heterocycles. The molecule has 0 fully saturated rings. The van der Waals surface area contributed by atoms with Crippen LogP contribution < -0.4 is 10.1 Å². The van der Waals surface area contributed by atoms with Crippen molar-refractivity contribution in [2.75, 3.05) is 13.7 Å². The van der Waals surface area contributed by atoms with E-state index in [0.29, 0.717) is 0 Å². The standard InChI is InChI=1S/C18H19NOS/c1-3-19-12-14-11-15(20-2)7-8-16(14)17-6-4-5-13-9-10-21-18(13)17/h4-11,19H,3,12H2,1-2H3. The summed E-state index contributed by atoms with van der Waals surface area (Å²) >= 11 is 1.80. The van der Waals surface area contributed by atoms with E-state index in [1.807, 2.05) is 6.07 Å². The van der Waals surface area contributed by atoms with Gasteiger partial charge in [-0.3, -0.25) is 0 Å². The minimum absolute atomic E-state index is 0.852. The van der Waals surface area contributed by atoms with Gasteiger partial charge in [-0.2, -0.15) is 0 Å². The molecule has 2 aromatic carbocycles. The Bertz CT molecular complexity index is 748. The summed E-state index contributed by atoms with van der Waals surface area (Å²) in [5.74, 6) is 0.907. The van der Waals surface area contributed by atoms with Crippen LogP contribution in [0.3, 0.4) is 0 Å². The SMILES string of the molecule is CCNCc1cc(OC)ccc1-c1cccc2ccsc12. The zero-order chi connectivity index (χ0) is 14.7. The van der Waals surface area contributed by atoms with Crippen molar-refractivity contribution in [1.82, 2.24) is 5.32 Å². The van der Waals surface area contributed by atoms with Crippen molar-refractivity contribution >= 4 is 21.4 Å². The Morgan fingerprint density at radius 2 is 2.00 bits per heavy atom. The van der Waals surface area contributed by atoms with Crippen molar-refractivity contribution in [3.8, 4) is 16.9 Å². The summed E-state index contributed by atoms with van der Waals surface area (Å²) in [7, 11) is 1.71. The van der Waals surface area contributed by atoms with Crippen molar-refractivity contribution in [1.29, 1.82) is 0 Å². The first kappa shape index (κ1) is 14.1. The van der Waals surface area contributed by atoms with Crippen LogP contribution in [0.4, 0.5) is 0 Å². The van der Waals surface area contributed by atoms with Gasteiger partial charge in [-0.1, -0.05) is 31.2 Å². The van der Waals surface area contributed by atoms with Gasteiger partial charge in [-0.25, -0.2) is 0 Å². The quantitative estimate of drug-likeness (QED) is 0.738. The maximum absolute atomic E-state index is 5.37. The Balaban J connectivity index is 2.14. The smallest absolute Gasteiger partial charge is 0.119 e. The van der Waals surface area contributed by atoms with Crippen LogP contribution in [0.1, 0.15) is 12.5 Å². The Morgan fingerprint density at radius 1 is 1.10 bits per heavy atom. The highest BCUT2D eigenvalue weighted by Crippen LogP contribution is 2.35. The highest BCUT2D eigenvalue weighted by atomic mass is 32.1. The van der Waals surface area contributed by atoms with E-state index in [0.717, 1.165) is 18.8 Å². The predicted molar refractivity (Wildman–Crippen MR) is 91.2 cm³/mol. The van der Waals surface area contributed by atoms with Gasteiger partial charge in [0, 0.05) is 11.2 Å². The molecule has 0 aliphatic carbocycles. The summed E-state index contributed by atoms with van der Waals surface area (Å²) in [6.45, 7) is 3.94. The molecule has 21 heavy (non-hydrogen) atoms. The zero-order valence-corrected chi connectivity index (χ0v) is 13.2. The largest absolute Gasteiger partial charge is 0.497 e. The van der Waals surface area contributed by atoms with Crippen LogP contribution in [0, 0.1) is 0 Å². The highest BCUT2D eigenvalue weighted by molar-refractivity contribution is 7.17. The summed E-state index contributed by atoms with van der Waals surface area (Å²) in [6.07, 6.45) is 0. The summed E-state index contributed by atoms with van der Waals surface area (Å²) in [6, 6.07) is 15.0. The molecule has 0 aliphatic heterocycles. The lowest BCUT2D eigenvalue weighted by Crippen LogP contribution is -2.12. The molecular weight excluding hydrogens is 278 g/mol. The van der Waals surface area contributed by atoms with Gasteiger partial charge in [-0.05, 0) is 52.2 Å². The number of fused-ring (bicyclic) bond motifs is 1. The first-order valence-electron chi connectivity index (χ1n) is 7.17. The van der Waals surface area contributed by atoms with Crippen LogP contribution in [-0.2, 0) is 6.54 Å². The molecule has 1 N–H and O–H groups in total.